The number of methoxy groups -OCH3 is 1. The van der Waals surface area contributed by atoms with Gasteiger partial charge in [-0.15, -0.1) is 0 Å². The molecule has 0 bridgehead atoms. The van der Waals surface area contributed by atoms with Gasteiger partial charge >= 0.3 is 5.97 Å². The second kappa shape index (κ2) is 8.89. The van der Waals surface area contributed by atoms with E-state index in [0.29, 0.717) is 19.1 Å². The molecule has 0 saturated heterocycles. The minimum Gasteiger partial charge on any atom is -0.465 e. The van der Waals surface area contributed by atoms with E-state index in [0.717, 1.165) is 23.0 Å². The van der Waals surface area contributed by atoms with Crippen LogP contribution in [0.25, 0.3) is 11.0 Å². The first-order valence-corrected chi connectivity index (χ1v) is 10.6. The van der Waals surface area contributed by atoms with Gasteiger partial charge in [0.1, 0.15) is 0 Å². The van der Waals surface area contributed by atoms with Crippen molar-refractivity contribution < 1.29 is 19.1 Å². The lowest BCUT2D eigenvalue weighted by Gasteiger charge is -2.37. The van der Waals surface area contributed by atoms with E-state index in [1.165, 1.54) is 5.56 Å². The highest BCUT2D eigenvalue weighted by molar-refractivity contribution is 6.08. The minimum atomic E-state index is -1.01. The van der Waals surface area contributed by atoms with Gasteiger partial charge in [-0.05, 0) is 36.6 Å². The predicted molar refractivity (Wildman–Crippen MR) is 118 cm³/mol. The molecule has 7 nitrogen and oxygen atoms in total. The molecule has 31 heavy (non-hydrogen) atoms. The molecule has 0 radical (unpaired) electrons. The molecular weight excluding hydrogens is 394 g/mol. The summed E-state index contributed by atoms with van der Waals surface area (Å²) in [4.78, 5) is 33.0. The van der Waals surface area contributed by atoms with Gasteiger partial charge < -0.3 is 14.0 Å². The Morgan fingerprint density at radius 1 is 1.10 bits per heavy atom. The molecule has 1 aliphatic heterocycles. The van der Waals surface area contributed by atoms with Gasteiger partial charge in [0.2, 0.25) is 11.9 Å². The Morgan fingerprint density at radius 3 is 2.52 bits per heavy atom. The average molecular weight is 421 g/mol. The number of para-hydroxylation sites is 2. The summed E-state index contributed by atoms with van der Waals surface area (Å²) in [6.07, 6.45) is 0.912. The number of aromatic nitrogens is 2. The monoisotopic (exact) mass is 421 g/mol. The number of hydrogen-bond acceptors (Lipinski definition) is 5. The molecular formula is C24H27N3O4. The van der Waals surface area contributed by atoms with Crippen LogP contribution in [-0.4, -0.2) is 48.3 Å². The van der Waals surface area contributed by atoms with Gasteiger partial charge in [-0.25, -0.2) is 4.98 Å². The number of anilines is 1. The number of fused-ring (bicyclic) bond motifs is 3. The van der Waals surface area contributed by atoms with Gasteiger partial charge in [-0.2, -0.15) is 0 Å². The molecule has 1 amide bonds. The summed E-state index contributed by atoms with van der Waals surface area (Å²) in [5.41, 5.74) is 3.70. The summed E-state index contributed by atoms with van der Waals surface area (Å²) in [7, 11) is 1.58. The molecule has 0 spiro atoms. The van der Waals surface area contributed by atoms with Crippen LogP contribution in [0, 0.1) is 5.92 Å². The number of hydrogen-bond donors (Lipinski definition) is 0. The summed E-state index contributed by atoms with van der Waals surface area (Å²) in [6.45, 7) is 4.68. The zero-order valence-electron chi connectivity index (χ0n) is 18.1. The van der Waals surface area contributed by atoms with Gasteiger partial charge in [-0.3, -0.25) is 14.5 Å². The number of carbonyl (C=O) groups is 2. The zero-order chi connectivity index (χ0) is 22.0. The number of rotatable bonds is 7. The molecule has 0 saturated carbocycles. The lowest BCUT2D eigenvalue weighted by Crippen LogP contribution is -2.51. The first-order chi connectivity index (χ1) is 15.1. The summed E-state index contributed by atoms with van der Waals surface area (Å²) >= 11 is 0. The average Bonchev–Trinajstić information content (AvgIpc) is 3.17. The van der Waals surface area contributed by atoms with E-state index in [1.807, 2.05) is 53.1 Å². The third-order valence-electron chi connectivity index (χ3n) is 5.73. The van der Waals surface area contributed by atoms with Crippen molar-refractivity contribution in [1.82, 2.24) is 9.55 Å². The van der Waals surface area contributed by atoms with Crippen LogP contribution in [0.1, 0.15) is 31.0 Å². The molecule has 2 heterocycles. The second-order valence-electron chi connectivity index (χ2n) is 7.52. The Bertz CT molecular complexity index is 1090. The fourth-order valence-electron chi connectivity index (χ4n) is 4.19. The Morgan fingerprint density at radius 2 is 1.84 bits per heavy atom. The fraction of sp³-hybridized carbons (Fsp3) is 0.375. The zero-order valence-corrected chi connectivity index (χ0v) is 18.1. The van der Waals surface area contributed by atoms with Crippen molar-refractivity contribution in [1.29, 1.82) is 0 Å². The number of carbonyl (C=O) groups excluding carboxylic acids is 2. The summed E-state index contributed by atoms with van der Waals surface area (Å²) < 4.78 is 12.6. The maximum atomic E-state index is 13.6. The number of ether oxygens (including phenoxy) is 2. The van der Waals surface area contributed by atoms with E-state index in [9.17, 15) is 9.59 Å². The molecule has 1 aliphatic rings. The summed E-state index contributed by atoms with van der Waals surface area (Å²) in [5.74, 6) is -1.33. The van der Waals surface area contributed by atoms with Crippen molar-refractivity contribution in [2.45, 2.75) is 26.3 Å². The van der Waals surface area contributed by atoms with Crippen LogP contribution >= 0.6 is 0 Å². The minimum absolute atomic E-state index is 0.208. The van der Waals surface area contributed by atoms with Crippen molar-refractivity contribution in [3.8, 4) is 0 Å². The Balaban J connectivity index is 1.95. The molecule has 0 fully saturated rings. The van der Waals surface area contributed by atoms with Gasteiger partial charge in [-0.1, -0.05) is 43.3 Å². The van der Waals surface area contributed by atoms with E-state index in [4.69, 9.17) is 14.5 Å². The van der Waals surface area contributed by atoms with E-state index in [2.05, 4.69) is 6.92 Å². The standard InChI is InChI=1S/C24H27N3O4/c1-4-16-10-12-17(13-11-16)21-20(23(29)31-5-2)22(28)26(14-15-30-3)24-25-18-8-6-7-9-19(18)27(21)24/h6-13,20-21H,4-5,14-15H2,1-3H3/t20-,21+/m0/s1. The van der Waals surface area contributed by atoms with E-state index in [1.54, 1.807) is 18.9 Å². The summed E-state index contributed by atoms with van der Waals surface area (Å²) in [5, 5.41) is 0. The molecule has 4 rings (SSSR count). The highest BCUT2D eigenvalue weighted by Gasteiger charge is 2.47. The number of nitrogens with zero attached hydrogens (tertiary/aromatic N) is 3. The number of esters is 1. The van der Waals surface area contributed by atoms with Crippen LogP contribution in [0.3, 0.4) is 0 Å². The maximum Gasteiger partial charge on any atom is 0.321 e. The van der Waals surface area contributed by atoms with Crippen molar-refractivity contribution in [3.63, 3.8) is 0 Å². The van der Waals surface area contributed by atoms with E-state index in [-0.39, 0.29) is 12.5 Å². The van der Waals surface area contributed by atoms with Crippen LogP contribution < -0.4 is 4.90 Å². The maximum absolute atomic E-state index is 13.6. The molecule has 3 aromatic rings. The first-order valence-electron chi connectivity index (χ1n) is 10.6. The quantitative estimate of drug-likeness (QED) is 0.432. The molecule has 1 aromatic heterocycles. The van der Waals surface area contributed by atoms with Crippen LogP contribution in [-0.2, 0) is 25.5 Å². The van der Waals surface area contributed by atoms with Gasteiger partial charge in [0, 0.05) is 7.11 Å². The normalized spacial score (nSPS) is 18.3. The van der Waals surface area contributed by atoms with Gasteiger partial charge in [0.25, 0.3) is 0 Å². The lowest BCUT2D eigenvalue weighted by molar-refractivity contribution is -0.153. The highest BCUT2D eigenvalue weighted by atomic mass is 16.5. The summed E-state index contributed by atoms with van der Waals surface area (Å²) in [6, 6.07) is 15.2. The van der Waals surface area contributed by atoms with Crippen LogP contribution in [0.2, 0.25) is 0 Å². The Labute approximate surface area is 181 Å². The number of imidazole rings is 1. The van der Waals surface area contributed by atoms with Crippen molar-refractivity contribution in [2.24, 2.45) is 5.92 Å². The lowest BCUT2D eigenvalue weighted by atomic mass is 9.89. The third kappa shape index (κ3) is 3.70. The predicted octanol–water partition coefficient (Wildman–Crippen LogP) is 3.36. The van der Waals surface area contributed by atoms with Gasteiger partial charge in [0.15, 0.2) is 5.92 Å². The third-order valence-corrected chi connectivity index (χ3v) is 5.73. The van der Waals surface area contributed by atoms with Crippen molar-refractivity contribution in [2.75, 3.05) is 31.8 Å². The molecule has 0 aliphatic carbocycles. The molecule has 7 heteroatoms. The fourth-order valence-corrected chi connectivity index (χ4v) is 4.19. The molecule has 2 aromatic carbocycles. The smallest absolute Gasteiger partial charge is 0.321 e. The van der Waals surface area contributed by atoms with Gasteiger partial charge in [0.05, 0.1) is 36.8 Å². The Hall–Kier alpha value is -3.19. The SMILES string of the molecule is CCOC(=O)[C@@H]1C(=O)N(CCOC)c2nc3ccccc3n2[C@@H]1c1ccc(CC)cc1. The first kappa shape index (κ1) is 21.1. The van der Waals surface area contributed by atoms with Crippen molar-refractivity contribution in [3.05, 3.63) is 59.7 Å². The van der Waals surface area contributed by atoms with Crippen LogP contribution in [0.4, 0.5) is 5.95 Å². The number of amides is 1. The van der Waals surface area contributed by atoms with Crippen LogP contribution in [0.15, 0.2) is 48.5 Å². The second-order valence-corrected chi connectivity index (χ2v) is 7.52. The van der Waals surface area contributed by atoms with Crippen LogP contribution in [0.5, 0.6) is 0 Å². The topological polar surface area (TPSA) is 73.7 Å². The molecule has 2 atom stereocenters. The largest absolute Gasteiger partial charge is 0.465 e. The van der Waals surface area contributed by atoms with E-state index < -0.39 is 17.9 Å². The number of aryl methyl sites for hydroxylation is 1. The molecule has 0 N–H and O–H groups in total. The van der Waals surface area contributed by atoms with E-state index >= 15 is 0 Å². The molecule has 162 valence electrons. The highest BCUT2D eigenvalue weighted by Crippen LogP contribution is 2.41. The Kier molecular flexibility index (Phi) is 6.04. The molecule has 0 unspecified atom stereocenters. The number of benzene rings is 2. The van der Waals surface area contributed by atoms with Crippen molar-refractivity contribution >= 4 is 28.9 Å².